The molecule has 2 aromatic rings. The number of benzene rings is 1. The van der Waals surface area contributed by atoms with Gasteiger partial charge in [-0.1, -0.05) is 23.2 Å². The van der Waals surface area contributed by atoms with E-state index in [9.17, 15) is 26.7 Å². The van der Waals surface area contributed by atoms with Gasteiger partial charge in [0.05, 0.1) is 32.5 Å². The van der Waals surface area contributed by atoms with Crippen LogP contribution in [0.4, 0.5) is 17.6 Å². The second-order valence-corrected chi connectivity index (χ2v) is 9.96. The van der Waals surface area contributed by atoms with Gasteiger partial charge in [0.15, 0.2) is 0 Å². The zero-order valence-corrected chi connectivity index (χ0v) is 16.9. The molecule has 0 amide bonds. The molecular formula is C12H6Cl4F4N2O2S2. The molecule has 4 nitrogen and oxygen atoms in total. The molecule has 14 heteroatoms. The summed E-state index contributed by atoms with van der Waals surface area (Å²) in [5.74, 6) is 0. The van der Waals surface area contributed by atoms with E-state index < -0.39 is 53.1 Å². The summed E-state index contributed by atoms with van der Waals surface area (Å²) in [5.41, 5.74) is -1.32. The minimum atomic E-state index is -4.70. The van der Waals surface area contributed by atoms with Crippen molar-refractivity contribution in [1.29, 1.82) is 0 Å². The average Bonchev–Trinajstić information content (AvgIpc) is 2.88. The summed E-state index contributed by atoms with van der Waals surface area (Å²) in [6, 6.07) is 1.20. The Bertz CT molecular complexity index is 804. The Labute approximate surface area is 170 Å². The summed E-state index contributed by atoms with van der Waals surface area (Å²) in [6.45, 7) is 0. The van der Waals surface area contributed by atoms with Crippen LogP contribution >= 0.6 is 46.4 Å². The minimum absolute atomic E-state index is 0.212. The lowest BCUT2D eigenvalue weighted by atomic mass is 10.2. The lowest BCUT2D eigenvalue weighted by Gasteiger charge is -2.17. The van der Waals surface area contributed by atoms with Gasteiger partial charge < -0.3 is 9.11 Å². The molecule has 0 saturated heterocycles. The fourth-order valence-electron chi connectivity index (χ4n) is 1.94. The summed E-state index contributed by atoms with van der Waals surface area (Å²) >= 11 is 17.4. The van der Waals surface area contributed by atoms with Crippen LogP contribution in [0.25, 0.3) is 5.69 Å². The van der Waals surface area contributed by atoms with Crippen LogP contribution < -0.4 is 0 Å². The molecule has 0 saturated carbocycles. The Morgan fingerprint density at radius 3 is 1.96 bits per heavy atom. The van der Waals surface area contributed by atoms with Crippen molar-refractivity contribution in [3.05, 3.63) is 34.1 Å². The first-order valence-corrected chi connectivity index (χ1v) is 10.4. The standard InChI is InChI=1S/C12H6Cl4F4N2O2S2/c1-25(23)10-9(26(24)12(15,16)20)21-4-22(10)8-6(13)2-5(3-7(8)14)11(17,18)19/h2-4H,1H3. The number of nitrogens with zero attached hydrogens (tertiary/aromatic N) is 2. The second kappa shape index (κ2) is 7.75. The maximum Gasteiger partial charge on any atom is 0.425 e. The topological polar surface area (TPSA) is 63.9 Å². The van der Waals surface area contributed by atoms with Gasteiger partial charge in [-0.3, -0.25) is 4.57 Å². The van der Waals surface area contributed by atoms with Gasteiger partial charge in [0.2, 0.25) is 0 Å². The van der Waals surface area contributed by atoms with E-state index in [4.69, 9.17) is 46.4 Å². The molecule has 2 unspecified atom stereocenters. The fourth-order valence-corrected chi connectivity index (χ4v) is 4.96. The van der Waals surface area contributed by atoms with E-state index in [0.29, 0.717) is 12.1 Å². The molecule has 1 heterocycles. The van der Waals surface area contributed by atoms with Gasteiger partial charge in [-0.2, -0.15) is 22.5 Å². The normalized spacial score (nSPS) is 15.2. The molecule has 1 aromatic carbocycles. The van der Waals surface area contributed by atoms with Crippen molar-refractivity contribution in [3.63, 3.8) is 0 Å². The number of imidazole rings is 1. The third kappa shape index (κ3) is 4.49. The zero-order chi connectivity index (χ0) is 20.0. The van der Waals surface area contributed by atoms with Crippen LogP contribution in [0, 0.1) is 0 Å². The Hall–Kier alpha value is -0.0700. The molecule has 0 aliphatic rings. The third-order valence-corrected chi connectivity index (χ3v) is 6.49. The van der Waals surface area contributed by atoms with E-state index in [1.165, 1.54) is 0 Å². The number of rotatable bonds is 4. The monoisotopic (exact) mass is 490 g/mol. The first kappa shape index (κ1) is 22.2. The van der Waals surface area contributed by atoms with Crippen LogP contribution in [0.15, 0.2) is 28.5 Å². The SMILES string of the molecule is C[S+]([O-])c1c([S+]([O-])C(F)(Cl)Cl)ncn1-c1c(Cl)cc(C(F)(F)F)cc1Cl. The molecule has 1 aromatic heterocycles. The molecule has 2 rings (SSSR count). The van der Waals surface area contributed by atoms with Gasteiger partial charge in [0.1, 0.15) is 12.6 Å². The Morgan fingerprint density at radius 2 is 1.58 bits per heavy atom. The molecule has 26 heavy (non-hydrogen) atoms. The van der Waals surface area contributed by atoms with Gasteiger partial charge >= 0.3 is 20.1 Å². The van der Waals surface area contributed by atoms with E-state index in [2.05, 4.69) is 4.98 Å². The molecule has 0 bridgehead atoms. The highest BCUT2D eigenvalue weighted by atomic mass is 35.5. The van der Waals surface area contributed by atoms with Crippen LogP contribution in [-0.2, 0) is 28.5 Å². The molecule has 0 fully saturated rings. The number of alkyl halides is 6. The first-order chi connectivity index (χ1) is 11.7. The summed E-state index contributed by atoms with van der Waals surface area (Å²) in [6.07, 6.45) is -2.64. The zero-order valence-electron chi connectivity index (χ0n) is 12.3. The van der Waals surface area contributed by atoms with E-state index in [0.717, 1.165) is 17.2 Å². The van der Waals surface area contributed by atoms with Gasteiger partial charge in [-0.05, 0) is 35.3 Å². The highest BCUT2D eigenvalue weighted by Gasteiger charge is 2.46. The molecule has 0 aliphatic heterocycles. The summed E-state index contributed by atoms with van der Waals surface area (Å²) in [5, 5.41) is -1.80. The van der Waals surface area contributed by atoms with Crippen LogP contribution in [0.5, 0.6) is 0 Å². The van der Waals surface area contributed by atoms with Crippen molar-refractivity contribution in [1.82, 2.24) is 9.55 Å². The van der Waals surface area contributed by atoms with Gasteiger partial charge in [-0.25, -0.2) is 0 Å². The molecule has 0 aliphatic carbocycles. The Morgan fingerprint density at radius 1 is 1.08 bits per heavy atom. The fraction of sp³-hybridized carbons (Fsp3) is 0.250. The minimum Gasteiger partial charge on any atom is -0.610 e. The van der Waals surface area contributed by atoms with Gasteiger partial charge in [0, 0.05) is 11.2 Å². The average molecular weight is 492 g/mol. The summed E-state index contributed by atoms with van der Waals surface area (Å²) < 4.78 is 73.9. The maximum absolute atomic E-state index is 13.6. The third-order valence-electron chi connectivity index (χ3n) is 2.94. The van der Waals surface area contributed by atoms with E-state index in [1.807, 2.05) is 0 Å². The lowest BCUT2D eigenvalue weighted by molar-refractivity contribution is -0.137. The Kier molecular flexibility index (Phi) is 6.62. The largest absolute Gasteiger partial charge is 0.610 e. The summed E-state index contributed by atoms with van der Waals surface area (Å²) in [4.78, 5) is 3.65. The second-order valence-electron chi connectivity index (χ2n) is 4.68. The smallest absolute Gasteiger partial charge is 0.425 e. The van der Waals surface area contributed by atoms with Crippen LogP contribution in [0.1, 0.15) is 5.56 Å². The summed E-state index contributed by atoms with van der Waals surface area (Å²) in [7, 11) is 0. The highest BCUT2D eigenvalue weighted by molar-refractivity contribution is 7.96. The predicted octanol–water partition coefficient (Wildman–Crippen LogP) is 5.10. The van der Waals surface area contributed by atoms with Crippen molar-refractivity contribution in [3.8, 4) is 5.69 Å². The predicted molar refractivity (Wildman–Crippen MR) is 92.9 cm³/mol. The van der Waals surface area contributed by atoms with E-state index in [1.54, 1.807) is 0 Å². The molecule has 144 valence electrons. The molecular weight excluding hydrogens is 486 g/mol. The number of hydrogen-bond acceptors (Lipinski definition) is 3. The first-order valence-electron chi connectivity index (χ1n) is 6.21. The van der Waals surface area contributed by atoms with Crippen LogP contribution in [0.3, 0.4) is 0 Å². The molecule has 0 spiro atoms. The van der Waals surface area contributed by atoms with Crippen molar-refractivity contribution in [2.75, 3.05) is 6.26 Å². The van der Waals surface area contributed by atoms with Crippen molar-refractivity contribution in [2.45, 2.75) is 20.1 Å². The van der Waals surface area contributed by atoms with E-state index >= 15 is 0 Å². The molecule has 0 N–H and O–H groups in total. The van der Waals surface area contributed by atoms with E-state index in [-0.39, 0.29) is 10.7 Å². The van der Waals surface area contributed by atoms with Crippen molar-refractivity contribution < 1.29 is 26.7 Å². The quantitative estimate of drug-likeness (QED) is 0.339. The maximum atomic E-state index is 13.6. The molecule has 0 radical (unpaired) electrons. The van der Waals surface area contributed by atoms with Crippen LogP contribution in [-0.4, -0.2) is 28.8 Å². The van der Waals surface area contributed by atoms with Crippen molar-refractivity contribution in [2.24, 2.45) is 0 Å². The highest BCUT2D eigenvalue weighted by Crippen LogP contribution is 2.41. The number of aromatic nitrogens is 2. The van der Waals surface area contributed by atoms with Gasteiger partial charge in [-0.15, -0.1) is 0 Å². The lowest BCUT2D eigenvalue weighted by Crippen LogP contribution is -2.24. The van der Waals surface area contributed by atoms with Gasteiger partial charge in [0.25, 0.3) is 0 Å². The number of hydrogen-bond donors (Lipinski definition) is 0. The number of halogens is 8. The molecule has 2 atom stereocenters. The Balaban J connectivity index is 2.69. The van der Waals surface area contributed by atoms with Crippen molar-refractivity contribution >= 4 is 68.8 Å². The van der Waals surface area contributed by atoms with Crippen LogP contribution in [0.2, 0.25) is 10.0 Å².